The number of nitriles is 1. The Kier molecular flexibility index (Phi) is 4.65. The maximum Gasteiger partial charge on any atom is 0.146 e. The molecule has 0 fully saturated rings. The van der Waals surface area contributed by atoms with E-state index in [1.54, 1.807) is 31.0 Å². The molecule has 0 aliphatic rings. The lowest BCUT2D eigenvalue weighted by Gasteiger charge is -2.31. The predicted octanol–water partition coefficient (Wildman–Crippen LogP) is 0.689. The summed E-state index contributed by atoms with van der Waals surface area (Å²) in [5.74, 6) is 0.575. The molecule has 1 aromatic heterocycles. The molecule has 0 aliphatic carbocycles. The maximum atomic E-state index is 9.29. The van der Waals surface area contributed by atoms with Crippen molar-refractivity contribution in [3.63, 3.8) is 0 Å². The fraction of sp³-hybridized carbons (Fsp3) is 0.538. The summed E-state index contributed by atoms with van der Waals surface area (Å²) in [6.45, 7) is 3.81. The number of aliphatic hydroxyl groups excluding tert-OH is 2. The molecule has 0 spiro atoms. The van der Waals surface area contributed by atoms with E-state index in [4.69, 9.17) is 5.26 Å². The average Bonchev–Trinajstić information content (AvgIpc) is 2.38. The van der Waals surface area contributed by atoms with E-state index in [1.807, 2.05) is 6.92 Å². The van der Waals surface area contributed by atoms with E-state index in [9.17, 15) is 10.2 Å². The molecule has 0 radical (unpaired) electrons. The fourth-order valence-corrected chi connectivity index (χ4v) is 1.72. The van der Waals surface area contributed by atoms with Gasteiger partial charge >= 0.3 is 0 Å². The van der Waals surface area contributed by atoms with Gasteiger partial charge in [-0.2, -0.15) is 5.26 Å². The van der Waals surface area contributed by atoms with Crippen molar-refractivity contribution in [3.8, 4) is 6.07 Å². The minimum Gasteiger partial charge on any atom is -0.396 e. The van der Waals surface area contributed by atoms with E-state index in [-0.39, 0.29) is 13.2 Å². The molecule has 1 heterocycles. The first-order chi connectivity index (χ1) is 8.45. The lowest BCUT2D eigenvalue weighted by Crippen LogP contribution is -2.39. The Hall–Kier alpha value is -1.64. The van der Waals surface area contributed by atoms with E-state index in [0.717, 1.165) is 5.69 Å². The number of hydrogen-bond donors (Lipinski definition) is 2. The summed E-state index contributed by atoms with van der Waals surface area (Å²) in [6.07, 6.45) is 0. The van der Waals surface area contributed by atoms with E-state index < -0.39 is 5.41 Å². The van der Waals surface area contributed by atoms with Crippen LogP contribution in [0.25, 0.3) is 0 Å². The summed E-state index contributed by atoms with van der Waals surface area (Å²) in [5, 5.41) is 27.6. The van der Waals surface area contributed by atoms with Crippen LogP contribution in [0.4, 0.5) is 5.82 Å². The summed E-state index contributed by atoms with van der Waals surface area (Å²) >= 11 is 0. The van der Waals surface area contributed by atoms with E-state index in [0.29, 0.717) is 17.9 Å². The van der Waals surface area contributed by atoms with Crippen LogP contribution in [0.15, 0.2) is 12.1 Å². The topological polar surface area (TPSA) is 80.4 Å². The lowest BCUT2D eigenvalue weighted by molar-refractivity contribution is 0.0761. The number of rotatable bonds is 5. The maximum absolute atomic E-state index is 9.29. The highest BCUT2D eigenvalue weighted by atomic mass is 16.3. The largest absolute Gasteiger partial charge is 0.396 e. The number of pyridine rings is 1. The molecule has 5 heteroatoms. The molecule has 98 valence electrons. The number of anilines is 1. The first kappa shape index (κ1) is 14.4. The summed E-state index contributed by atoms with van der Waals surface area (Å²) < 4.78 is 0. The smallest absolute Gasteiger partial charge is 0.146 e. The van der Waals surface area contributed by atoms with Gasteiger partial charge in [-0.3, -0.25) is 0 Å². The second kappa shape index (κ2) is 5.80. The molecule has 18 heavy (non-hydrogen) atoms. The van der Waals surface area contributed by atoms with Crippen LogP contribution in [0.5, 0.6) is 0 Å². The first-order valence-electron chi connectivity index (χ1n) is 5.76. The highest BCUT2D eigenvalue weighted by molar-refractivity contribution is 5.53. The van der Waals surface area contributed by atoms with Gasteiger partial charge < -0.3 is 15.1 Å². The van der Waals surface area contributed by atoms with Crippen molar-refractivity contribution in [3.05, 3.63) is 23.4 Å². The molecular weight excluding hydrogens is 230 g/mol. The van der Waals surface area contributed by atoms with Crippen molar-refractivity contribution in [1.29, 1.82) is 5.26 Å². The first-order valence-corrected chi connectivity index (χ1v) is 5.76. The lowest BCUT2D eigenvalue weighted by atomic mass is 9.92. The second-order valence-electron chi connectivity index (χ2n) is 4.92. The Morgan fingerprint density at radius 1 is 1.39 bits per heavy atom. The molecule has 0 aromatic carbocycles. The molecular formula is C13H19N3O2. The third-order valence-corrected chi connectivity index (χ3v) is 2.88. The summed E-state index contributed by atoms with van der Waals surface area (Å²) in [7, 11) is 1.80. The van der Waals surface area contributed by atoms with Gasteiger partial charge in [0.15, 0.2) is 0 Å². The van der Waals surface area contributed by atoms with Crippen LogP contribution in [-0.4, -0.2) is 42.0 Å². The van der Waals surface area contributed by atoms with Gasteiger partial charge in [0.2, 0.25) is 0 Å². The van der Waals surface area contributed by atoms with Crippen LogP contribution in [0.1, 0.15) is 18.2 Å². The number of aliphatic hydroxyl groups is 2. The summed E-state index contributed by atoms with van der Waals surface area (Å²) in [6, 6.07) is 5.61. The van der Waals surface area contributed by atoms with Crippen molar-refractivity contribution in [1.82, 2.24) is 4.98 Å². The molecule has 0 aliphatic heterocycles. The Morgan fingerprint density at radius 3 is 2.50 bits per heavy atom. The van der Waals surface area contributed by atoms with E-state index >= 15 is 0 Å². The van der Waals surface area contributed by atoms with Crippen LogP contribution in [-0.2, 0) is 0 Å². The number of aromatic nitrogens is 1. The molecule has 2 N–H and O–H groups in total. The standard InChI is InChI=1S/C13H19N3O2/c1-10-4-5-11(6-14)12(15-10)16(3)7-13(2,8-17)9-18/h4-5,17-18H,7-9H2,1-3H3. The normalized spacial score (nSPS) is 11.1. The second-order valence-corrected chi connectivity index (χ2v) is 4.92. The molecule has 0 atom stereocenters. The van der Waals surface area contributed by atoms with Crippen LogP contribution < -0.4 is 4.90 Å². The predicted molar refractivity (Wildman–Crippen MR) is 69.2 cm³/mol. The van der Waals surface area contributed by atoms with Crippen molar-refractivity contribution in [2.24, 2.45) is 5.41 Å². The van der Waals surface area contributed by atoms with Crippen LogP contribution >= 0.6 is 0 Å². The fourth-order valence-electron chi connectivity index (χ4n) is 1.72. The van der Waals surface area contributed by atoms with Crippen molar-refractivity contribution >= 4 is 5.82 Å². The molecule has 5 nitrogen and oxygen atoms in total. The van der Waals surface area contributed by atoms with Gasteiger partial charge in [-0.25, -0.2) is 4.98 Å². The number of nitrogens with zero attached hydrogens (tertiary/aromatic N) is 3. The summed E-state index contributed by atoms with van der Waals surface area (Å²) in [5.41, 5.74) is 0.694. The number of hydrogen-bond acceptors (Lipinski definition) is 5. The van der Waals surface area contributed by atoms with Gasteiger partial charge in [0.25, 0.3) is 0 Å². The Bertz CT molecular complexity index is 450. The third-order valence-electron chi connectivity index (χ3n) is 2.88. The third kappa shape index (κ3) is 3.19. The minimum atomic E-state index is -0.618. The van der Waals surface area contributed by atoms with Gasteiger partial charge in [-0.05, 0) is 19.1 Å². The summed E-state index contributed by atoms with van der Waals surface area (Å²) in [4.78, 5) is 6.13. The zero-order valence-corrected chi connectivity index (χ0v) is 11.0. The molecule has 0 unspecified atom stereocenters. The highest BCUT2D eigenvalue weighted by Gasteiger charge is 2.25. The van der Waals surface area contributed by atoms with Crippen LogP contribution in [0, 0.1) is 23.7 Å². The molecule has 0 saturated heterocycles. The SMILES string of the molecule is Cc1ccc(C#N)c(N(C)CC(C)(CO)CO)n1. The van der Waals surface area contributed by atoms with Crippen molar-refractivity contribution in [2.75, 3.05) is 31.7 Å². The van der Waals surface area contributed by atoms with Crippen molar-refractivity contribution in [2.45, 2.75) is 13.8 Å². The Balaban J connectivity index is 3.00. The molecule has 1 aromatic rings. The van der Waals surface area contributed by atoms with Gasteiger partial charge in [0.1, 0.15) is 11.9 Å². The zero-order chi connectivity index (χ0) is 13.8. The average molecular weight is 249 g/mol. The Labute approximate surface area is 107 Å². The zero-order valence-electron chi connectivity index (χ0n) is 11.0. The molecule has 0 saturated carbocycles. The Morgan fingerprint density at radius 2 is 2.00 bits per heavy atom. The molecule has 1 rings (SSSR count). The van der Waals surface area contributed by atoms with Gasteiger partial charge in [0.05, 0.1) is 18.8 Å². The van der Waals surface area contributed by atoms with Gasteiger partial charge in [-0.1, -0.05) is 6.92 Å². The number of aryl methyl sites for hydroxylation is 1. The van der Waals surface area contributed by atoms with Crippen LogP contribution in [0.2, 0.25) is 0 Å². The van der Waals surface area contributed by atoms with E-state index in [2.05, 4.69) is 11.1 Å². The van der Waals surface area contributed by atoms with Crippen LogP contribution in [0.3, 0.4) is 0 Å². The molecule has 0 bridgehead atoms. The van der Waals surface area contributed by atoms with Gasteiger partial charge in [0, 0.05) is 24.7 Å². The molecule has 0 amide bonds. The minimum absolute atomic E-state index is 0.123. The highest BCUT2D eigenvalue weighted by Crippen LogP contribution is 2.22. The van der Waals surface area contributed by atoms with E-state index in [1.165, 1.54) is 0 Å². The monoisotopic (exact) mass is 249 g/mol. The van der Waals surface area contributed by atoms with Gasteiger partial charge in [-0.15, -0.1) is 0 Å². The quantitative estimate of drug-likeness (QED) is 0.802. The van der Waals surface area contributed by atoms with Crippen molar-refractivity contribution < 1.29 is 10.2 Å².